The molecule has 0 N–H and O–H groups in total. The molecule has 0 aliphatic rings. The average Bonchev–Trinajstić information content (AvgIpc) is 2.08. The number of carbonyl (C=O) groups is 1. The maximum atomic E-state index is 9.49. The molecule has 0 aliphatic carbocycles. The Hall–Kier alpha value is -0.573. The first-order valence-corrected chi connectivity index (χ1v) is 6.82. The quantitative estimate of drug-likeness (QED) is 0.513. The summed E-state index contributed by atoms with van der Waals surface area (Å²) in [5.74, 6) is -1.19. The van der Waals surface area contributed by atoms with Crippen molar-refractivity contribution in [3.8, 4) is 0 Å². The molecule has 0 fully saturated rings. The third kappa shape index (κ3) is 11.4. The summed E-state index contributed by atoms with van der Waals surface area (Å²) < 4.78 is 0. The zero-order chi connectivity index (χ0) is 10.9. The highest BCUT2D eigenvalue weighted by Gasteiger charge is 2.16. The van der Waals surface area contributed by atoms with Crippen molar-refractivity contribution in [1.29, 1.82) is 0 Å². The molecule has 0 saturated carbocycles. The van der Waals surface area contributed by atoms with Gasteiger partial charge >= 0.3 is 8.80 Å². The molecule has 3 heteroatoms. The van der Waals surface area contributed by atoms with E-state index in [1.165, 1.54) is 25.1 Å². The van der Waals surface area contributed by atoms with E-state index in [4.69, 9.17) is 0 Å². The standard InChI is InChI=1S/C6H15Si.C4H6O2/c1-4-7(5-2)6-3;1-3(2)4(5)6/h4-6H2,1-3H3;1H2,2H3,(H,5,6)/q+1;/p-1. The van der Waals surface area contributed by atoms with Crippen molar-refractivity contribution in [2.24, 2.45) is 0 Å². The minimum atomic E-state index is -1.19. The van der Waals surface area contributed by atoms with Gasteiger partial charge in [-0.15, -0.1) is 0 Å². The summed E-state index contributed by atoms with van der Waals surface area (Å²) in [6.07, 6.45) is 0. The van der Waals surface area contributed by atoms with E-state index in [1.807, 2.05) is 0 Å². The largest absolute Gasteiger partial charge is 0.545 e. The Morgan fingerprint density at radius 2 is 1.46 bits per heavy atom. The van der Waals surface area contributed by atoms with Crippen LogP contribution >= 0.6 is 0 Å². The van der Waals surface area contributed by atoms with Gasteiger partial charge in [0.05, 0.1) is 24.1 Å². The summed E-state index contributed by atoms with van der Waals surface area (Å²) in [4.78, 5) is 9.49. The lowest BCUT2D eigenvalue weighted by atomic mass is 10.4. The van der Waals surface area contributed by atoms with Crippen molar-refractivity contribution < 1.29 is 9.90 Å². The molecule has 0 saturated heterocycles. The lowest BCUT2D eigenvalue weighted by Gasteiger charge is -1.93. The summed E-state index contributed by atoms with van der Waals surface area (Å²) in [5.41, 5.74) is 0.0648. The highest BCUT2D eigenvalue weighted by Crippen LogP contribution is 2.01. The molecule has 0 radical (unpaired) electrons. The topological polar surface area (TPSA) is 40.1 Å². The molecule has 0 amide bonds. The van der Waals surface area contributed by atoms with Crippen LogP contribution in [0.1, 0.15) is 27.7 Å². The van der Waals surface area contributed by atoms with E-state index in [1.54, 1.807) is 0 Å². The molecule has 13 heavy (non-hydrogen) atoms. The van der Waals surface area contributed by atoms with E-state index in [0.717, 1.165) is 0 Å². The van der Waals surface area contributed by atoms with Crippen LogP contribution in [0.5, 0.6) is 0 Å². The summed E-state index contributed by atoms with van der Waals surface area (Å²) in [7, 11) is 0.137. The van der Waals surface area contributed by atoms with Crippen LogP contribution in [-0.2, 0) is 4.79 Å². The van der Waals surface area contributed by atoms with Crippen molar-refractivity contribution in [3.63, 3.8) is 0 Å². The molecule has 0 unspecified atom stereocenters. The molecule has 0 aliphatic heterocycles. The summed E-state index contributed by atoms with van der Waals surface area (Å²) in [6, 6.07) is 4.37. The minimum Gasteiger partial charge on any atom is -0.545 e. The van der Waals surface area contributed by atoms with Crippen molar-refractivity contribution in [1.82, 2.24) is 0 Å². The number of carbonyl (C=O) groups excluding carboxylic acids is 1. The maximum absolute atomic E-state index is 9.49. The fourth-order valence-corrected chi connectivity index (χ4v) is 2.25. The van der Waals surface area contributed by atoms with Crippen LogP contribution in [0.2, 0.25) is 18.1 Å². The molecule has 0 aromatic heterocycles. The highest BCUT2D eigenvalue weighted by molar-refractivity contribution is 6.58. The Morgan fingerprint density at radius 1 is 1.23 bits per heavy atom. The monoisotopic (exact) mass is 200 g/mol. The Labute approximate surface area is 83.3 Å². The third-order valence-corrected chi connectivity index (χ3v) is 4.85. The van der Waals surface area contributed by atoms with Gasteiger partial charge in [-0.25, -0.2) is 0 Å². The SMILES string of the molecule is C=C(C)C(=O)[O-].CC[Si+](CC)CC. The van der Waals surface area contributed by atoms with Crippen LogP contribution in [0.3, 0.4) is 0 Å². The average molecular weight is 200 g/mol. The van der Waals surface area contributed by atoms with E-state index >= 15 is 0 Å². The van der Waals surface area contributed by atoms with Gasteiger partial charge in [-0.3, -0.25) is 0 Å². The van der Waals surface area contributed by atoms with E-state index in [9.17, 15) is 9.90 Å². The number of hydrogen-bond donors (Lipinski definition) is 0. The lowest BCUT2D eigenvalue weighted by Crippen LogP contribution is -2.22. The molecule has 2 nitrogen and oxygen atoms in total. The van der Waals surface area contributed by atoms with E-state index in [0.29, 0.717) is 0 Å². The smallest absolute Gasteiger partial charge is 0.313 e. The van der Waals surface area contributed by atoms with Gasteiger partial charge in [-0.05, 0) is 33.3 Å². The summed E-state index contributed by atoms with van der Waals surface area (Å²) in [5, 5.41) is 9.49. The predicted octanol–water partition coefficient (Wildman–Crippen LogP) is 1.85. The zero-order valence-corrected chi connectivity index (χ0v) is 10.1. The van der Waals surface area contributed by atoms with E-state index in [2.05, 4.69) is 27.4 Å². The lowest BCUT2D eigenvalue weighted by molar-refractivity contribution is -0.299. The predicted molar refractivity (Wildman–Crippen MR) is 57.0 cm³/mol. The number of hydrogen-bond acceptors (Lipinski definition) is 2. The van der Waals surface area contributed by atoms with Gasteiger partial charge in [-0.1, -0.05) is 6.58 Å². The van der Waals surface area contributed by atoms with Crippen LogP contribution in [0, 0.1) is 0 Å². The molecular formula is C10H20O2Si. The van der Waals surface area contributed by atoms with Crippen molar-refractivity contribution in [2.45, 2.75) is 45.8 Å². The van der Waals surface area contributed by atoms with Gasteiger partial charge in [0.1, 0.15) is 0 Å². The van der Waals surface area contributed by atoms with Crippen LogP contribution in [-0.4, -0.2) is 14.8 Å². The summed E-state index contributed by atoms with van der Waals surface area (Å²) in [6.45, 7) is 11.4. The fourth-order valence-electron chi connectivity index (χ4n) is 0.750. The van der Waals surface area contributed by atoms with Gasteiger partial charge in [0.25, 0.3) is 0 Å². The second-order valence-corrected chi connectivity index (χ2v) is 6.50. The Kier molecular flexibility index (Phi) is 10.9. The van der Waals surface area contributed by atoms with Gasteiger partial charge in [-0.2, -0.15) is 0 Å². The number of carboxylic acids is 1. The van der Waals surface area contributed by atoms with Crippen molar-refractivity contribution in [2.75, 3.05) is 0 Å². The van der Waals surface area contributed by atoms with Crippen LogP contribution in [0.15, 0.2) is 12.2 Å². The number of carboxylic acid groups (broad SMARTS) is 1. The van der Waals surface area contributed by atoms with E-state index < -0.39 is 5.97 Å². The van der Waals surface area contributed by atoms with E-state index in [-0.39, 0.29) is 14.4 Å². The minimum absolute atomic E-state index is 0.0648. The molecule has 0 bridgehead atoms. The number of aliphatic carboxylic acids is 1. The molecule has 0 rings (SSSR count). The first kappa shape index (κ1) is 14.9. The molecule has 0 aromatic carbocycles. The van der Waals surface area contributed by atoms with Crippen molar-refractivity contribution >= 4 is 14.8 Å². The maximum Gasteiger partial charge on any atom is 0.313 e. The van der Waals surface area contributed by atoms with Crippen LogP contribution in [0.4, 0.5) is 0 Å². The first-order valence-electron chi connectivity index (χ1n) is 4.69. The van der Waals surface area contributed by atoms with Crippen LogP contribution in [0.25, 0.3) is 0 Å². The fraction of sp³-hybridized carbons (Fsp3) is 0.700. The Morgan fingerprint density at radius 3 is 1.46 bits per heavy atom. The normalized spacial score (nSPS) is 8.31. The van der Waals surface area contributed by atoms with Crippen molar-refractivity contribution in [3.05, 3.63) is 12.2 Å². The Balaban J connectivity index is 0. The molecular weight excluding hydrogens is 180 g/mol. The second kappa shape index (κ2) is 9.51. The number of rotatable bonds is 4. The third-order valence-electron chi connectivity index (χ3n) is 1.85. The Bertz CT molecular complexity index is 133. The molecule has 0 atom stereocenters. The second-order valence-electron chi connectivity index (χ2n) is 2.88. The molecule has 0 spiro atoms. The molecule has 76 valence electrons. The highest BCUT2D eigenvalue weighted by atomic mass is 28.3. The molecule has 0 aromatic rings. The van der Waals surface area contributed by atoms with Gasteiger partial charge < -0.3 is 9.90 Å². The van der Waals surface area contributed by atoms with Gasteiger partial charge in [0, 0.05) is 0 Å². The zero-order valence-electron chi connectivity index (χ0n) is 9.14. The first-order chi connectivity index (χ1) is 5.99. The molecule has 0 heterocycles. The van der Waals surface area contributed by atoms with Gasteiger partial charge in [0.15, 0.2) is 0 Å². The van der Waals surface area contributed by atoms with Crippen LogP contribution < -0.4 is 5.11 Å². The summed E-state index contributed by atoms with van der Waals surface area (Å²) >= 11 is 0. The van der Waals surface area contributed by atoms with Gasteiger partial charge in [0.2, 0.25) is 0 Å².